The highest BCUT2D eigenvalue weighted by Crippen LogP contribution is 2.29. The highest BCUT2D eigenvalue weighted by Gasteiger charge is 2.18. The van der Waals surface area contributed by atoms with Gasteiger partial charge in [0.25, 0.3) is 5.56 Å². The number of carbonyl (C=O) groups excluding carboxylic acids is 1. The molecule has 6 nitrogen and oxygen atoms in total. The molecule has 2 aromatic heterocycles. The number of hydrogen-bond acceptors (Lipinski definition) is 6. The Morgan fingerprint density at radius 1 is 1.13 bits per heavy atom. The fourth-order valence-corrected chi connectivity index (χ4v) is 4.86. The maximum absolute atomic E-state index is 13.0. The van der Waals surface area contributed by atoms with Gasteiger partial charge < -0.3 is 5.32 Å². The van der Waals surface area contributed by atoms with Crippen LogP contribution in [0.3, 0.4) is 0 Å². The van der Waals surface area contributed by atoms with Crippen LogP contribution in [0.25, 0.3) is 21.5 Å². The quantitative estimate of drug-likeness (QED) is 0.334. The summed E-state index contributed by atoms with van der Waals surface area (Å²) in [6.07, 6.45) is 0. The van der Waals surface area contributed by atoms with Crippen molar-refractivity contribution in [2.45, 2.75) is 32.5 Å². The topological polar surface area (TPSA) is 76.9 Å². The molecule has 4 rings (SSSR count). The Labute approximate surface area is 188 Å². The first kappa shape index (κ1) is 21.3. The van der Waals surface area contributed by atoms with E-state index < -0.39 is 0 Å². The van der Waals surface area contributed by atoms with Crippen LogP contribution in [0.4, 0.5) is 5.69 Å². The molecule has 0 radical (unpaired) electrons. The number of anilines is 1. The molecule has 2 heterocycles. The highest BCUT2D eigenvalue weighted by molar-refractivity contribution is 7.99. The zero-order chi connectivity index (χ0) is 22.0. The van der Waals surface area contributed by atoms with E-state index in [4.69, 9.17) is 4.98 Å². The van der Waals surface area contributed by atoms with Gasteiger partial charge in [0.1, 0.15) is 15.9 Å². The predicted molar refractivity (Wildman–Crippen MR) is 128 cm³/mol. The van der Waals surface area contributed by atoms with Gasteiger partial charge in [-0.25, -0.2) is 4.98 Å². The van der Waals surface area contributed by atoms with Gasteiger partial charge >= 0.3 is 0 Å². The van der Waals surface area contributed by atoms with E-state index in [1.807, 2.05) is 69.3 Å². The molecule has 31 heavy (non-hydrogen) atoms. The van der Waals surface area contributed by atoms with E-state index >= 15 is 0 Å². The molecular weight excluding hydrogens is 428 g/mol. The highest BCUT2D eigenvalue weighted by atomic mass is 32.2. The monoisotopic (exact) mass is 450 g/mol. The van der Waals surface area contributed by atoms with Gasteiger partial charge in [-0.3, -0.25) is 14.2 Å². The SMILES string of the molecule is CCn1c(SCC(=O)Nc2ccc(C)c(C)c2)nc2c(-c3ccccc3)nsc2c1=O. The van der Waals surface area contributed by atoms with Gasteiger partial charge in [-0.05, 0) is 55.6 Å². The third-order valence-electron chi connectivity index (χ3n) is 5.03. The second kappa shape index (κ2) is 9.03. The van der Waals surface area contributed by atoms with Gasteiger partial charge in [-0.15, -0.1) is 0 Å². The maximum atomic E-state index is 13.0. The van der Waals surface area contributed by atoms with Crippen molar-refractivity contribution in [3.63, 3.8) is 0 Å². The third kappa shape index (κ3) is 4.40. The molecule has 1 N–H and O–H groups in total. The van der Waals surface area contributed by atoms with E-state index in [1.54, 1.807) is 4.57 Å². The van der Waals surface area contributed by atoms with E-state index in [2.05, 4.69) is 9.69 Å². The zero-order valence-corrected chi connectivity index (χ0v) is 19.1. The van der Waals surface area contributed by atoms with Crippen molar-refractivity contribution in [3.8, 4) is 11.3 Å². The van der Waals surface area contributed by atoms with E-state index in [1.165, 1.54) is 28.9 Å². The third-order valence-corrected chi connectivity index (χ3v) is 6.83. The summed E-state index contributed by atoms with van der Waals surface area (Å²) in [5.41, 5.74) is 5.14. The van der Waals surface area contributed by atoms with E-state index in [0.29, 0.717) is 27.6 Å². The first-order valence-electron chi connectivity index (χ1n) is 9.93. The predicted octanol–water partition coefficient (Wildman–Crippen LogP) is 4.89. The lowest BCUT2D eigenvalue weighted by Gasteiger charge is -2.11. The van der Waals surface area contributed by atoms with Crippen molar-refractivity contribution in [1.82, 2.24) is 13.9 Å². The van der Waals surface area contributed by atoms with Crippen LogP contribution < -0.4 is 10.9 Å². The standard InChI is InChI=1S/C23H22N4O2S2/c1-4-27-22(29)21-20(19(26-31-21)16-8-6-5-7-9-16)25-23(27)30-13-18(28)24-17-11-10-14(2)15(3)12-17/h5-12H,4,13H2,1-3H3,(H,24,28). The number of aryl methyl sites for hydroxylation is 2. The normalized spacial score (nSPS) is 11.1. The van der Waals surface area contributed by atoms with E-state index in [9.17, 15) is 9.59 Å². The number of carbonyl (C=O) groups is 1. The molecule has 8 heteroatoms. The molecule has 0 aliphatic carbocycles. The van der Waals surface area contributed by atoms with Crippen LogP contribution >= 0.6 is 23.3 Å². The Balaban J connectivity index is 1.61. The Kier molecular flexibility index (Phi) is 6.20. The Morgan fingerprint density at radius 2 is 1.90 bits per heavy atom. The minimum Gasteiger partial charge on any atom is -0.325 e. The number of nitrogens with one attached hydrogen (secondary N) is 1. The molecule has 0 spiro atoms. The summed E-state index contributed by atoms with van der Waals surface area (Å²) in [6.45, 7) is 6.42. The minimum atomic E-state index is -0.142. The number of nitrogens with zero attached hydrogens (tertiary/aromatic N) is 3. The number of fused-ring (bicyclic) bond motifs is 1. The Bertz CT molecular complexity index is 1310. The van der Waals surface area contributed by atoms with Crippen LogP contribution in [-0.2, 0) is 11.3 Å². The molecule has 0 saturated heterocycles. The molecule has 0 aliphatic rings. The number of rotatable bonds is 6. The molecule has 0 bridgehead atoms. The average molecular weight is 451 g/mol. The summed E-state index contributed by atoms with van der Waals surface area (Å²) in [6, 6.07) is 15.5. The molecule has 0 fully saturated rings. The van der Waals surface area contributed by atoms with Gasteiger partial charge in [0.15, 0.2) is 5.16 Å². The summed E-state index contributed by atoms with van der Waals surface area (Å²) in [5, 5.41) is 3.44. The molecule has 2 aromatic carbocycles. The summed E-state index contributed by atoms with van der Waals surface area (Å²) in [5.74, 6) is 0.0142. The van der Waals surface area contributed by atoms with E-state index in [-0.39, 0.29) is 17.2 Å². The van der Waals surface area contributed by atoms with Crippen molar-refractivity contribution in [1.29, 1.82) is 0 Å². The van der Waals surface area contributed by atoms with Crippen LogP contribution in [0.5, 0.6) is 0 Å². The van der Waals surface area contributed by atoms with E-state index in [0.717, 1.165) is 16.8 Å². The zero-order valence-electron chi connectivity index (χ0n) is 17.5. The fraction of sp³-hybridized carbons (Fsp3) is 0.217. The lowest BCUT2D eigenvalue weighted by molar-refractivity contribution is -0.113. The number of amides is 1. The minimum absolute atomic E-state index is 0.121. The van der Waals surface area contributed by atoms with Crippen molar-refractivity contribution in [2.75, 3.05) is 11.1 Å². The number of thioether (sulfide) groups is 1. The molecular formula is C23H22N4O2S2. The lowest BCUT2D eigenvalue weighted by Crippen LogP contribution is -2.23. The van der Waals surface area contributed by atoms with Crippen molar-refractivity contribution in [2.24, 2.45) is 0 Å². The summed E-state index contributed by atoms with van der Waals surface area (Å²) in [7, 11) is 0. The molecule has 0 atom stereocenters. The van der Waals surface area contributed by atoms with Gasteiger partial charge in [-0.1, -0.05) is 48.2 Å². The lowest BCUT2D eigenvalue weighted by atomic mass is 10.1. The van der Waals surface area contributed by atoms with Crippen LogP contribution in [0.2, 0.25) is 0 Å². The Hall–Kier alpha value is -2.97. The van der Waals surface area contributed by atoms with Crippen LogP contribution in [0.1, 0.15) is 18.1 Å². The first-order valence-corrected chi connectivity index (χ1v) is 11.7. The second-order valence-electron chi connectivity index (χ2n) is 7.15. The molecule has 0 saturated carbocycles. The van der Waals surface area contributed by atoms with Gasteiger partial charge in [0.05, 0.1) is 5.75 Å². The molecule has 158 valence electrons. The first-order chi connectivity index (χ1) is 15.0. The van der Waals surface area contributed by atoms with Crippen LogP contribution in [0.15, 0.2) is 58.5 Å². The second-order valence-corrected chi connectivity index (χ2v) is 8.87. The summed E-state index contributed by atoms with van der Waals surface area (Å²) in [4.78, 5) is 30.3. The van der Waals surface area contributed by atoms with Crippen molar-refractivity contribution in [3.05, 3.63) is 70.0 Å². The van der Waals surface area contributed by atoms with Crippen LogP contribution in [0, 0.1) is 13.8 Å². The van der Waals surface area contributed by atoms with Crippen molar-refractivity contribution >= 4 is 45.1 Å². The Morgan fingerprint density at radius 3 is 2.61 bits per heavy atom. The average Bonchev–Trinajstić information content (AvgIpc) is 3.20. The van der Waals surface area contributed by atoms with Crippen LogP contribution in [-0.4, -0.2) is 25.6 Å². The summed E-state index contributed by atoms with van der Waals surface area (Å²) >= 11 is 2.43. The van der Waals surface area contributed by atoms with Gasteiger partial charge in [-0.2, -0.15) is 4.37 Å². The fourth-order valence-electron chi connectivity index (χ4n) is 3.22. The number of hydrogen-bond donors (Lipinski definition) is 1. The smallest absolute Gasteiger partial charge is 0.273 e. The number of benzene rings is 2. The molecule has 0 aliphatic heterocycles. The van der Waals surface area contributed by atoms with Gasteiger partial charge in [0.2, 0.25) is 5.91 Å². The maximum Gasteiger partial charge on any atom is 0.273 e. The van der Waals surface area contributed by atoms with Crippen molar-refractivity contribution < 1.29 is 4.79 Å². The largest absolute Gasteiger partial charge is 0.325 e. The molecule has 0 unspecified atom stereocenters. The molecule has 1 amide bonds. The summed E-state index contributed by atoms with van der Waals surface area (Å²) < 4.78 is 6.62. The number of aromatic nitrogens is 3. The molecule has 4 aromatic rings. The van der Waals surface area contributed by atoms with Gasteiger partial charge in [0, 0.05) is 17.8 Å².